The summed E-state index contributed by atoms with van der Waals surface area (Å²) in [7, 11) is 0. The lowest BCUT2D eigenvalue weighted by Crippen LogP contribution is -2.32. The molecule has 1 fully saturated rings. The number of rotatable bonds is 3. The van der Waals surface area contributed by atoms with Crippen molar-refractivity contribution in [3.8, 4) is 0 Å². The molecule has 1 aliphatic carbocycles. The zero-order valence-corrected chi connectivity index (χ0v) is 10.2. The van der Waals surface area contributed by atoms with Crippen LogP contribution in [0.2, 0.25) is 0 Å². The molecule has 0 bridgehead atoms. The molecule has 1 saturated carbocycles. The Hall–Kier alpha value is -0.960. The lowest BCUT2D eigenvalue weighted by molar-refractivity contribution is 0.305. The first-order chi connectivity index (χ1) is 8.15. The summed E-state index contributed by atoms with van der Waals surface area (Å²) < 4.78 is 26.1. The second-order valence-electron chi connectivity index (χ2n) is 5.07. The van der Waals surface area contributed by atoms with Crippen LogP contribution in [0.1, 0.15) is 38.2 Å². The second kappa shape index (κ2) is 5.58. The first kappa shape index (κ1) is 12.5. The van der Waals surface area contributed by atoms with Crippen molar-refractivity contribution in [3.05, 3.63) is 35.4 Å². The van der Waals surface area contributed by atoms with Crippen molar-refractivity contribution < 1.29 is 8.78 Å². The fourth-order valence-electron chi connectivity index (χ4n) is 2.38. The quantitative estimate of drug-likeness (QED) is 0.849. The molecule has 94 valence electrons. The van der Waals surface area contributed by atoms with Gasteiger partial charge in [0.25, 0.3) is 0 Å². The maximum absolute atomic E-state index is 13.4. The van der Waals surface area contributed by atoms with Crippen molar-refractivity contribution in [2.24, 2.45) is 5.92 Å². The molecule has 2 rings (SSSR count). The van der Waals surface area contributed by atoms with E-state index in [4.69, 9.17) is 0 Å². The number of hydrogen-bond donors (Lipinski definition) is 1. The molecule has 0 radical (unpaired) electrons. The number of hydrogen-bond acceptors (Lipinski definition) is 1. The monoisotopic (exact) mass is 239 g/mol. The van der Waals surface area contributed by atoms with Crippen molar-refractivity contribution >= 4 is 0 Å². The molecule has 0 heterocycles. The van der Waals surface area contributed by atoms with Crippen LogP contribution in [-0.4, -0.2) is 6.04 Å². The van der Waals surface area contributed by atoms with Gasteiger partial charge >= 0.3 is 0 Å². The van der Waals surface area contributed by atoms with Crippen molar-refractivity contribution in [1.29, 1.82) is 0 Å². The van der Waals surface area contributed by atoms with Gasteiger partial charge in [-0.15, -0.1) is 0 Å². The molecule has 1 aliphatic rings. The zero-order chi connectivity index (χ0) is 12.3. The van der Waals surface area contributed by atoms with Crippen LogP contribution in [-0.2, 0) is 6.54 Å². The van der Waals surface area contributed by atoms with Crippen molar-refractivity contribution in [2.75, 3.05) is 0 Å². The van der Waals surface area contributed by atoms with E-state index in [1.807, 2.05) is 0 Å². The van der Waals surface area contributed by atoms with E-state index in [1.165, 1.54) is 25.0 Å². The van der Waals surface area contributed by atoms with E-state index in [0.717, 1.165) is 24.8 Å². The molecular formula is C14H19F2N. The van der Waals surface area contributed by atoms with Gasteiger partial charge in [-0.2, -0.15) is 0 Å². The highest BCUT2D eigenvalue weighted by atomic mass is 19.1. The van der Waals surface area contributed by atoms with E-state index in [1.54, 1.807) is 0 Å². The van der Waals surface area contributed by atoms with Gasteiger partial charge in [0, 0.05) is 24.2 Å². The lowest BCUT2D eigenvalue weighted by Gasteiger charge is -2.27. The number of nitrogens with one attached hydrogen (secondary N) is 1. The highest BCUT2D eigenvalue weighted by Gasteiger charge is 2.17. The SMILES string of the molecule is CC1CCC(NCc2ccc(F)cc2F)CC1. The van der Waals surface area contributed by atoms with E-state index in [-0.39, 0.29) is 0 Å². The minimum absolute atomic E-state index is 0.457. The maximum atomic E-state index is 13.4. The molecular weight excluding hydrogens is 220 g/mol. The Morgan fingerprint density at radius 2 is 1.88 bits per heavy atom. The molecule has 1 aromatic carbocycles. The average Bonchev–Trinajstić information content (AvgIpc) is 2.30. The second-order valence-corrected chi connectivity index (χ2v) is 5.07. The predicted octanol–water partition coefficient (Wildman–Crippen LogP) is 3.63. The molecule has 0 saturated heterocycles. The molecule has 3 heteroatoms. The Kier molecular flexibility index (Phi) is 4.11. The smallest absolute Gasteiger partial charge is 0.130 e. The summed E-state index contributed by atoms with van der Waals surface area (Å²) in [4.78, 5) is 0. The largest absolute Gasteiger partial charge is 0.310 e. The molecule has 1 aromatic rings. The van der Waals surface area contributed by atoms with Crippen molar-refractivity contribution in [1.82, 2.24) is 5.32 Å². The van der Waals surface area contributed by atoms with Crippen LogP contribution in [0.3, 0.4) is 0 Å². The van der Waals surface area contributed by atoms with Crippen LogP contribution in [0, 0.1) is 17.6 Å². The Morgan fingerprint density at radius 1 is 1.18 bits per heavy atom. The molecule has 0 aliphatic heterocycles. The van der Waals surface area contributed by atoms with Gasteiger partial charge in [0.2, 0.25) is 0 Å². The number of halogens is 2. The van der Waals surface area contributed by atoms with E-state index in [9.17, 15) is 8.78 Å². The highest BCUT2D eigenvalue weighted by Crippen LogP contribution is 2.23. The maximum Gasteiger partial charge on any atom is 0.130 e. The highest BCUT2D eigenvalue weighted by molar-refractivity contribution is 5.18. The molecule has 0 aromatic heterocycles. The number of benzene rings is 1. The van der Waals surface area contributed by atoms with Gasteiger partial charge in [-0.3, -0.25) is 0 Å². The van der Waals surface area contributed by atoms with Gasteiger partial charge in [0.1, 0.15) is 11.6 Å². The minimum Gasteiger partial charge on any atom is -0.310 e. The predicted molar refractivity (Wildman–Crippen MR) is 64.6 cm³/mol. The molecule has 1 nitrogen and oxygen atoms in total. The van der Waals surface area contributed by atoms with Gasteiger partial charge in [-0.1, -0.05) is 13.0 Å². The van der Waals surface area contributed by atoms with Crippen LogP contribution in [0.5, 0.6) is 0 Å². The van der Waals surface area contributed by atoms with Gasteiger partial charge in [-0.25, -0.2) is 8.78 Å². The summed E-state index contributed by atoms with van der Waals surface area (Å²) in [5.41, 5.74) is 0.546. The van der Waals surface area contributed by atoms with Crippen molar-refractivity contribution in [2.45, 2.75) is 45.2 Å². The van der Waals surface area contributed by atoms with E-state index in [0.29, 0.717) is 18.2 Å². The Bertz CT molecular complexity index is 370. The van der Waals surface area contributed by atoms with Gasteiger partial charge in [0.15, 0.2) is 0 Å². The van der Waals surface area contributed by atoms with Crippen LogP contribution in [0.4, 0.5) is 8.78 Å². The third-order valence-electron chi connectivity index (χ3n) is 3.61. The molecule has 1 N–H and O–H groups in total. The standard InChI is InChI=1S/C14H19F2N/c1-10-2-6-13(7-3-10)17-9-11-4-5-12(15)8-14(11)16/h4-5,8,10,13,17H,2-3,6-7,9H2,1H3. The van der Waals surface area contributed by atoms with Gasteiger partial charge in [-0.05, 0) is 37.7 Å². The van der Waals surface area contributed by atoms with E-state index < -0.39 is 11.6 Å². The van der Waals surface area contributed by atoms with Gasteiger partial charge < -0.3 is 5.32 Å². The van der Waals surface area contributed by atoms with Gasteiger partial charge in [0.05, 0.1) is 0 Å². The molecule has 0 spiro atoms. The summed E-state index contributed by atoms with van der Waals surface area (Å²) in [5.74, 6) is -0.157. The fourth-order valence-corrected chi connectivity index (χ4v) is 2.38. The normalized spacial score (nSPS) is 24.9. The van der Waals surface area contributed by atoms with Crippen LogP contribution >= 0.6 is 0 Å². The first-order valence-corrected chi connectivity index (χ1v) is 6.32. The Labute approximate surface area is 101 Å². The Balaban J connectivity index is 1.85. The first-order valence-electron chi connectivity index (χ1n) is 6.32. The molecule has 0 unspecified atom stereocenters. The van der Waals surface area contributed by atoms with E-state index in [2.05, 4.69) is 12.2 Å². The summed E-state index contributed by atoms with van der Waals surface area (Å²) in [6.07, 6.45) is 4.79. The molecule has 0 atom stereocenters. The average molecular weight is 239 g/mol. The van der Waals surface area contributed by atoms with Crippen molar-refractivity contribution in [3.63, 3.8) is 0 Å². The third-order valence-corrected chi connectivity index (χ3v) is 3.61. The van der Waals surface area contributed by atoms with Crippen LogP contribution in [0.15, 0.2) is 18.2 Å². The molecule has 0 amide bonds. The molecule has 17 heavy (non-hydrogen) atoms. The summed E-state index contributed by atoms with van der Waals surface area (Å²) >= 11 is 0. The fraction of sp³-hybridized carbons (Fsp3) is 0.571. The topological polar surface area (TPSA) is 12.0 Å². The zero-order valence-electron chi connectivity index (χ0n) is 10.2. The summed E-state index contributed by atoms with van der Waals surface area (Å²) in [6, 6.07) is 4.25. The van der Waals surface area contributed by atoms with E-state index >= 15 is 0 Å². The minimum atomic E-state index is -0.516. The Morgan fingerprint density at radius 3 is 2.53 bits per heavy atom. The van der Waals surface area contributed by atoms with Crippen LogP contribution < -0.4 is 5.32 Å². The lowest BCUT2D eigenvalue weighted by atomic mass is 9.87. The van der Waals surface area contributed by atoms with Crippen LogP contribution in [0.25, 0.3) is 0 Å². The summed E-state index contributed by atoms with van der Waals surface area (Å²) in [6.45, 7) is 2.76. The third kappa shape index (κ3) is 3.50. The summed E-state index contributed by atoms with van der Waals surface area (Å²) in [5, 5.41) is 3.36.